The fraction of sp³-hybridized carbons (Fsp3) is 0.263. The maximum absolute atomic E-state index is 11.7. The minimum Gasteiger partial charge on any atom is -0.381 e. The van der Waals surface area contributed by atoms with Crippen molar-refractivity contribution in [1.29, 1.82) is 5.26 Å². The van der Waals surface area contributed by atoms with Crippen molar-refractivity contribution in [2.24, 2.45) is 0 Å². The molecule has 0 aliphatic carbocycles. The van der Waals surface area contributed by atoms with Gasteiger partial charge in [-0.1, -0.05) is 35.9 Å². The molecule has 2 aromatic carbocycles. The summed E-state index contributed by atoms with van der Waals surface area (Å²) in [5.41, 5.74) is 3.65. The zero-order chi connectivity index (χ0) is 16.9. The summed E-state index contributed by atoms with van der Waals surface area (Å²) in [6.07, 6.45) is 1.64. The Morgan fingerprint density at radius 1 is 1.17 bits per heavy atom. The Morgan fingerprint density at radius 2 is 1.92 bits per heavy atom. The van der Waals surface area contributed by atoms with Crippen molar-refractivity contribution < 1.29 is 4.79 Å². The van der Waals surface area contributed by atoms with E-state index in [0.717, 1.165) is 29.8 Å². The molecule has 0 atom stereocenters. The molecule has 0 radical (unpaired) electrons. The van der Waals surface area contributed by atoms with E-state index in [1.54, 1.807) is 12.1 Å². The number of anilines is 1. The second-order valence-electron chi connectivity index (χ2n) is 5.90. The lowest BCUT2D eigenvalue weighted by molar-refractivity contribution is -0.128. The minimum atomic E-state index is 0.249. The van der Waals surface area contributed by atoms with E-state index in [4.69, 9.17) is 16.9 Å². The molecule has 0 aromatic heterocycles. The molecule has 4 nitrogen and oxygen atoms in total. The molecule has 0 saturated carbocycles. The Balaban J connectivity index is 1.57. The Bertz CT molecular complexity index is 780. The Morgan fingerprint density at radius 3 is 2.54 bits per heavy atom. The number of amides is 1. The van der Waals surface area contributed by atoms with Crippen molar-refractivity contribution >= 4 is 23.2 Å². The average Bonchev–Trinajstić information content (AvgIpc) is 2.99. The van der Waals surface area contributed by atoms with Crippen LogP contribution in [-0.2, 0) is 17.9 Å². The SMILES string of the molecule is N#Cc1ccc(NCc2ccc(CN3CCCC3=O)cc2)cc1Cl. The van der Waals surface area contributed by atoms with Gasteiger partial charge >= 0.3 is 0 Å². The number of nitrogens with one attached hydrogen (secondary N) is 1. The first-order valence-corrected chi connectivity index (χ1v) is 8.32. The van der Waals surface area contributed by atoms with Gasteiger partial charge in [-0.25, -0.2) is 0 Å². The van der Waals surface area contributed by atoms with Crippen LogP contribution in [0.1, 0.15) is 29.5 Å². The molecule has 1 fully saturated rings. The molecule has 24 heavy (non-hydrogen) atoms. The van der Waals surface area contributed by atoms with E-state index in [1.165, 1.54) is 0 Å². The summed E-state index contributed by atoms with van der Waals surface area (Å²) in [6.45, 7) is 2.23. The topological polar surface area (TPSA) is 56.1 Å². The third-order valence-electron chi connectivity index (χ3n) is 4.15. The van der Waals surface area contributed by atoms with Crippen LogP contribution in [-0.4, -0.2) is 17.4 Å². The molecular weight excluding hydrogens is 322 g/mol. The third-order valence-corrected chi connectivity index (χ3v) is 4.47. The number of hydrogen-bond donors (Lipinski definition) is 1. The lowest BCUT2D eigenvalue weighted by Gasteiger charge is -2.15. The predicted molar refractivity (Wildman–Crippen MR) is 94.6 cm³/mol. The fourth-order valence-electron chi connectivity index (χ4n) is 2.77. The number of halogens is 1. The van der Waals surface area contributed by atoms with Gasteiger partial charge in [-0.2, -0.15) is 5.26 Å². The Labute approximate surface area is 146 Å². The molecule has 0 unspecified atom stereocenters. The van der Waals surface area contributed by atoms with Gasteiger partial charge in [-0.3, -0.25) is 4.79 Å². The smallest absolute Gasteiger partial charge is 0.222 e. The highest BCUT2D eigenvalue weighted by atomic mass is 35.5. The van der Waals surface area contributed by atoms with Gasteiger partial charge in [0.1, 0.15) is 6.07 Å². The molecule has 1 saturated heterocycles. The summed E-state index contributed by atoms with van der Waals surface area (Å²) in [5, 5.41) is 12.6. The molecule has 1 N–H and O–H groups in total. The van der Waals surface area contributed by atoms with Crippen molar-refractivity contribution in [2.45, 2.75) is 25.9 Å². The highest BCUT2D eigenvalue weighted by molar-refractivity contribution is 6.32. The van der Waals surface area contributed by atoms with Gasteiger partial charge in [-0.15, -0.1) is 0 Å². The summed E-state index contributed by atoms with van der Waals surface area (Å²) >= 11 is 6.03. The van der Waals surface area contributed by atoms with Gasteiger partial charge < -0.3 is 10.2 Å². The van der Waals surface area contributed by atoms with Gasteiger partial charge in [0.15, 0.2) is 0 Å². The van der Waals surface area contributed by atoms with Crippen LogP contribution in [0.3, 0.4) is 0 Å². The van der Waals surface area contributed by atoms with Crippen molar-refractivity contribution in [1.82, 2.24) is 4.90 Å². The van der Waals surface area contributed by atoms with Crippen LogP contribution >= 0.6 is 11.6 Å². The lowest BCUT2D eigenvalue weighted by Crippen LogP contribution is -2.23. The molecule has 1 aliphatic heterocycles. The van der Waals surface area contributed by atoms with Crippen LogP contribution in [0.5, 0.6) is 0 Å². The van der Waals surface area contributed by atoms with Crippen molar-refractivity contribution in [3.05, 3.63) is 64.2 Å². The number of carbonyl (C=O) groups is 1. The number of rotatable bonds is 5. The van der Waals surface area contributed by atoms with Crippen LogP contribution in [0.25, 0.3) is 0 Å². The fourth-order valence-corrected chi connectivity index (χ4v) is 3.00. The highest BCUT2D eigenvalue weighted by Gasteiger charge is 2.19. The zero-order valence-corrected chi connectivity index (χ0v) is 14.0. The molecule has 0 bridgehead atoms. The van der Waals surface area contributed by atoms with Crippen LogP contribution in [0.2, 0.25) is 5.02 Å². The molecule has 3 rings (SSSR count). The first-order valence-electron chi connectivity index (χ1n) is 7.95. The lowest BCUT2D eigenvalue weighted by atomic mass is 10.1. The first kappa shape index (κ1) is 16.4. The summed E-state index contributed by atoms with van der Waals surface area (Å²) in [6, 6.07) is 15.6. The van der Waals surface area contributed by atoms with Gasteiger partial charge in [0.25, 0.3) is 0 Å². The van der Waals surface area contributed by atoms with E-state index in [-0.39, 0.29) is 5.91 Å². The number of nitrogens with zero attached hydrogens (tertiary/aromatic N) is 2. The van der Waals surface area contributed by atoms with Crippen molar-refractivity contribution in [3.63, 3.8) is 0 Å². The molecule has 1 amide bonds. The number of hydrogen-bond acceptors (Lipinski definition) is 3. The summed E-state index contributed by atoms with van der Waals surface area (Å²) in [4.78, 5) is 13.6. The van der Waals surface area contributed by atoms with Crippen LogP contribution in [0, 0.1) is 11.3 Å². The zero-order valence-electron chi connectivity index (χ0n) is 13.3. The quantitative estimate of drug-likeness (QED) is 0.897. The molecule has 1 heterocycles. The summed E-state index contributed by atoms with van der Waals surface area (Å²) in [5.74, 6) is 0.249. The largest absolute Gasteiger partial charge is 0.381 e. The predicted octanol–water partition coefficient (Wildman–Crippen LogP) is 3.95. The second kappa shape index (κ2) is 7.37. The van der Waals surface area contributed by atoms with E-state index < -0.39 is 0 Å². The van der Waals surface area contributed by atoms with Crippen molar-refractivity contribution in [2.75, 3.05) is 11.9 Å². The van der Waals surface area contributed by atoms with Crippen molar-refractivity contribution in [3.8, 4) is 6.07 Å². The monoisotopic (exact) mass is 339 g/mol. The molecular formula is C19H18ClN3O. The van der Waals surface area contributed by atoms with E-state index in [9.17, 15) is 4.79 Å². The maximum Gasteiger partial charge on any atom is 0.222 e. The Kier molecular flexibility index (Phi) is 5.02. The number of nitriles is 1. The van der Waals surface area contributed by atoms with E-state index >= 15 is 0 Å². The third kappa shape index (κ3) is 3.87. The molecule has 1 aliphatic rings. The van der Waals surface area contributed by atoms with E-state index in [0.29, 0.717) is 30.1 Å². The maximum atomic E-state index is 11.7. The molecule has 2 aromatic rings. The minimum absolute atomic E-state index is 0.249. The molecule has 0 spiro atoms. The van der Waals surface area contributed by atoms with E-state index in [1.807, 2.05) is 17.0 Å². The van der Waals surface area contributed by atoms with Gasteiger partial charge in [0.05, 0.1) is 10.6 Å². The Hall–Kier alpha value is -2.51. The molecule has 122 valence electrons. The van der Waals surface area contributed by atoms with Gasteiger partial charge in [-0.05, 0) is 35.7 Å². The summed E-state index contributed by atoms with van der Waals surface area (Å²) < 4.78 is 0. The second-order valence-corrected chi connectivity index (χ2v) is 6.30. The normalized spacial score (nSPS) is 13.8. The van der Waals surface area contributed by atoms with Gasteiger partial charge in [0, 0.05) is 31.7 Å². The molecule has 5 heteroatoms. The first-order chi connectivity index (χ1) is 11.7. The van der Waals surface area contributed by atoms with Crippen LogP contribution < -0.4 is 5.32 Å². The number of benzene rings is 2. The number of likely N-dealkylation sites (tertiary alicyclic amines) is 1. The van der Waals surface area contributed by atoms with Crippen LogP contribution in [0.15, 0.2) is 42.5 Å². The number of carbonyl (C=O) groups excluding carboxylic acids is 1. The standard InChI is InChI=1S/C19H18ClN3O/c20-18-10-17(8-7-16(18)11-21)22-12-14-3-5-15(6-4-14)13-23-9-1-2-19(23)24/h3-8,10,22H,1-2,9,12-13H2. The average molecular weight is 340 g/mol. The van der Waals surface area contributed by atoms with Crippen LogP contribution in [0.4, 0.5) is 5.69 Å². The van der Waals surface area contributed by atoms with E-state index in [2.05, 4.69) is 29.6 Å². The highest BCUT2D eigenvalue weighted by Crippen LogP contribution is 2.21. The summed E-state index contributed by atoms with van der Waals surface area (Å²) in [7, 11) is 0. The van der Waals surface area contributed by atoms with Gasteiger partial charge in [0.2, 0.25) is 5.91 Å².